The first-order valence-electron chi connectivity index (χ1n) is 10.4. The Morgan fingerprint density at radius 2 is 1.67 bits per heavy atom. The Balaban J connectivity index is 2.08. The van der Waals surface area contributed by atoms with Crippen LogP contribution in [-0.4, -0.2) is 27.8 Å². The minimum absolute atomic E-state index is 0.0136. The topological polar surface area (TPSA) is 81.3 Å². The number of benzene rings is 2. The zero-order valence-electron chi connectivity index (χ0n) is 18.8. The minimum atomic E-state index is -0.720. The first-order chi connectivity index (χ1) is 15.7. The smallest absolute Gasteiger partial charge is 0.337 e. The van der Waals surface area contributed by atoms with Crippen LogP contribution in [0.2, 0.25) is 0 Å². The van der Waals surface area contributed by atoms with Crippen molar-refractivity contribution in [2.24, 2.45) is 7.05 Å². The van der Waals surface area contributed by atoms with E-state index in [-0.39, 0.29) is 29.0 Å². The van der Waals surface area contributed by atoms with E-state index >= 15 is 0 Å². The molecule has 0 amide bonds. The fraction of sp³-hybridized carbons (Fsp3) is 0.208. The molecule has 0 saturated carbocycles. The van der Waals surface area contributed by atoms with Crippen LogP contribution in [0.4, 0.5) is 21.5 Å². The van der Waals surface area contributed by atoms with Crippen molar-refractivity contribution in [3.05, 3.63) is 91.6 Å². The molecule has 0 radical (unpaired) electrons. The lowest BCUT2D eigenvalue weighted by Gasteiger charge is -2.19. The lowest BCUT2D eigenvalue weighted by molar-refractivity contribution is 0.601. The van der Waals surface area contributed by atoms with Crippen LogP contribution in [0.15, 0.2) is 69.0 Å². The van der Waals surface area contributed by atoms with Gasteiger partial charge in [-0.1, -0.05) is 12.1 Å². The van der Waals surface area contributed by atoms with Gasteiger partial charge in [-0.15, -0.1) is 0 Å². The maximum absolute atomic E-state index is 14.7. The number of aromatic nitrogens is 3. The molecule has 1 N–H and O–H groups in total. The molecule has 0 atom stereocenters. The van der Waals surface area contributed by atoms with Gasteiger partial charge in [0.2, 0.25) is 0 Å². The zero-order valence-corrected chi connectivity index (χ0v) is 18.8. The summed E-state index contributed by atoms with van der Waals surface area (Å²) in [7, 11) is 5.30. The fourth-order valence-electron chi connectivity index (χ4n) is 3.82. The lowest BCUT2D eigenvalue weighted by Crippen LogP contribution is -2.41. The Bertz CT molecular complexity index is 1530. The number of fused-ring (bicyclic) bond motifs is 1. The van der Waals surface area contributed by atoms with Crippen LogP contribution < -0.4 is 27.0 Å². The second kappa shape index (κ2) is 8.42. The Kier molecular flexibility index (Phi) is 5.63. The number of halogens is 1. The molecular weight excluding hydrogens is 425 g/mol. The molecule has 170 valence electrons. The first kappa shape index (κ1) is 22.1. The van der Waals surface area contributed by atoms with Crippen molar-refractivity contribution in [3.8, 4) is 5.69 Å². The van der Waals surface area contributed by atoms with Crippen LogP contribution in [0, 0.1) is 5.82 Å². The molecule has 33 heavy (non-hydrogen) atoms. The van der Waals surface area contributed by atoms with Crippen LogP contribution >= 0.6 is 0 Å². The number of rotatable bonds is 5. The average Bonchev–Trinajstić information content (AvgIpc) is 2.78. The molecule has 0 unspecified atom stereocenters. The zero-order chi connectivity index (χ0) is 23.9. The second-order valence-corrected chi connectivity index (χ2v) is 7.84. The summed E-state index contributed by atoms with van der Waals surface area (Å²) < 4.78 is 18.0. The minimum Gasteiger partial charge on any atom is -0.378 e. The third kappa shape index (κ3) is 3.71. The molecule has 0 aliphatic heterocycles. The van der Waals surface area contributed by atoms with Gasteiger partial charge in [0.25, 0.3) is 11.1 Å². The Hall–Kier alpha value is -4.14. The van der Waals surface area contributed by atoms with E-state index in [1.807, 2.05) is 43.3 Å². The molecular formula is C24H24FN5O3. The number of nitrogens with one attached hydrogen (secondary N) is 1. The molecule has 0 aliphatic carbocycles. The van der Waals surface area contributed by atoms with Gasteiger partial charge in [-0.05, 0) is 43.3 Å². The summed E-state index contributed by atoms with van der Waals surface area (Å²) in [4.78, 5) is 41.4. The molecule has 0 aliphatic rings. The van der Waals surface area contributed by atoms with Gasteiger partial charge >= 0.3 is 5.69 Å². The average molecular weight is 449 g/mol. The standard InChI is InChI=1S/C24H24FN5O3/c1-5-29-23(32)21-18(26-15-10-12-16(13-11-15)27(2)3)14-20(31)28(4)22(21)30(24(29)33)19-9-7-6-8-17(19)25/h6-14,26H,5H2,1-4H3. The number of aryl methyl sites for hydroxylation is 1. The molecule has 2 heterocycles. The lowest BCUT2D eigenvalue weighted by atomic mass is 10.2. The summed E-state index contributed by atoms with van der Waals surface area (Å²) in [6.45, 7) is 1.75. The van der Waals surface area contributed by atoms with Crippen molar-refractivity contribution in [2.45, 2.75) is 13.5 Å². The number of nitrogens with zero attached hydrogens (tertiary/aromatic N) is 4. The molecule has 0 bridgehead atoms. The number of para-hydroxylation sites is 1. The normalized spacial score (nSPS) is 11.1. The van der Waals surface area contributed by atoms with Crippen molar-refractivity contribution in [3.63, 3.8) is 0 Å². The van der Waals surface area contributed by atoms with Crippen LogP contribution in [0.1, 0.15) is 6.92 Å². The quantitative estimate of drug-likeness (QED) is 0.507. The summed E-state index contributed by atoms with van der Waals surface area (Å²) in [6, 6.07) is 14.5. The summed E-state index contributed by atoms with van der Waals surface area (Å²) in [6.07, 6.45) is 0. The van der Waals surface area contributed by atoms with Gasteiger partial charge < -0.3 is 10.2 Å². The Labute approximate surface area is 188 Å². The van der Waals surface area contributed by atoms with E-state index in [1.165, 1.54) is 35.9 Å². The maximum atomic E-state index is 14.7. The van der Waals surface area contributed by atoms with Crippen LogP contribution in [-0.2, 0) is 13.6 Å². The predicted molar refractivity (Wildman–Crippen MR) is 129 cm³/mol. The highest BCUT2D eigenvalue weighted by molar-refractivity contribution is 5.91. The van der Waals surface area contributed by atoms with Gasteiger partial charge in [-0.2, -0.15) is 0 Å². The highest BCUT2D eigenvalue weighted by Crippen LogP contribution is 2.25. The summed E-state index contributed by atoms with van der Waals surface area (Å²) >= 11 is 0. The van der Waals surface area contributed by atoms with E-state index in [4.69, 9.17) is 0 Å². The van der Waals surface area contributed by atoms with E-state index < -0.39 is 22.6 Å². The van der Waals surface area contributed by atoms with Gasteiger partial charge in [-0.25, -0.2) is 13.8 Å². The van der Waals surface area contributed by atoms with Crippen molar-refractivity contribution >= 4 is 28.1 Å². The van der Waals surface area contributed by atoms with E-state index in [0.717, 1.165) is 14.8 Å². The monoisotopic (exact) mass is 449 g/mol. The predicted octanol–water partition coefficient (Wildman–Crippen LogP) is 2.82. The highest BCUT2D eigenvalue weighted by atomic mass is 19.1. The number of hydrogen-bond acceptors (Lipinski definition) is 5. The van der Waals surface area contributed by atoms with E-state index in [9.17, 15) is 18.8 Å². The molecule has 4 rings (SSSR count). The van der Waals surface area contributed by atoms with E-state index in [1.54, 1.807) is 13.0 Å². The van der Waals surface area contributed by atoms with Crippen molar-refractivity contribution in [1.29, 1.82) is 0 Å². The molecule has 9 heteroatoms. The molecule has 2 aromatic heterocycles. The summed E-state index contributed by atoms with van der Waals surface area (Å²) in [5.74, 6) is -0.646. The molecule has 2 aromatic carbocycles. The summed E-state index contributed by atoms with van der Waals surface area (Å²) in [5, 5.41) is 3.24. The Morgan fingerprint density at radius 3 is 2.27 bits per heavy atom. The third-order valence-electron chi connectivity index (χ3n) is 5.57. The summed E-state index contributed by atoms with van der Waals surface area (Å²) in [5.41, 5.74) is 0.112. The fourth-order valence-corrected chi connectivity index (χ4v) is 3.82. The molecule has 0 saturated heterocycles. The largest absolute Gasteiger partial charge is 0.378 e. The molecule has 8 nitrogen and oxygen atoms in total. The molecule has 0 fully saturated rings. The van der Waals surface area contributed by atoms with E-state index in [2.05, 4.69) is 5.32 Å². The van der Waals surface area contributed by atoms with Crippen LogP contribution in [0.5, 0.6) is 0 Å². The van der Waals surface area contributed by atoms with Crippen LogP contribution in [0.3, 0.4) is 0 Å². The third-order valence-corrected chi connectivity index (χ3v) is 5.57. The number of anilines is 3. The molecule has 4 aromatic rings. The first-order valence-corrected chi connectivity index (χ1v) is 10.4. The molecule has 0 spiro atoms. The Morgan fingerprint density at radius 1 is 1.00 bits per heavy atom. The van der Waals surface area contributed by atoms with Gasteiger partial charge in [0.05, 0.1) is 11.4 Å². The van der Waals surface area contributed by atoms with Gasteiger partial charge in [-0.3, -0.25) is 18.7 Å². The maximum Gasteiger partial charge on any atom is 0.337 e. The second-order valence-electron chi connectivity index (χ2n) is 7.84. The van der Waals surface area contributed by atoms with Crippen molar-refractivity contribution in [1.82, 2.24) is 13.7 Å². The number of hydrogen-bond donors (Lipinski definition) is 1. The SMILES string of the molecule is CCn1c(=O)c2c(Nc3ccc(N(C)C)cc3)cc(=O)n(C)c2n(-c2ccccc2F)c1=O. The van der Waals surface area contributed by atoms with Gasteiger partial charge in [0.15, 0.2) is 0 Å². The van der Waals surface area contributed by atoms with Crippen molar-refractivity contribution < 1.29 is 4.39 Å². The van der Waals surface area contributed by atoms with Gasteiger partial charge in [0.1, 0.15) is 16.9 Å². The van der Waals surface area contributed by atoms with Crippen LogP contribution in [0.25, 0.3) is 16.7 Å². The van der Waals surface area contributed by atoms with Gasteiger partial charge in [0, 0.05) is 45.1 Å². The van der Waals surface area contributed by atoms with E-state index in [0.29, 0.717) is 5.69 Å². The number of pyridine rings is 1. The highest BCUT2D eigenvalue weighted by Gasteiger charge is 2.21. The van der Waals surface area contributed by atoms with Crippen molar-refractivity contribution in [2.75, 3.05) is 24.3 Å².